The molecule has 0 saturated heterocycles. The van der Waals surface area contributed by atoms with Gasteiger partial charge in [0.25, 0.3) is 0 Å². The largest absolute Gasteiger partial charge is 0.341 e. The van der Waals surface area contributed by atoms with Gasteiger partial charge in [-0.2, -0.15) is 29.9 Å². The summed E-state index contributed by atoms with van der Waals surface area (Å²) in [5.74, 6) is 7.49. The molecule has 10 nitrogen and oxygen atoms in total. The van der Waals surface area contributed by atoms with Crippen LogP contribution in [0.3, 0.4) is 0 Å². The average Bonchev–Trinajstić information content (AvgIpc) is 3.83. The minimum Gasteiger partial charge on any atom is -0.341 e. The Labute approximate surface area is 337 Å². The molecule has 0 aliphatic heterocycles. The van der Waals surface area contributed by atoms with Crippen LogP contribution < -0.4 is 19.6 Å². The van der Waals surface area contributed by atoms with Crippen LogP contribution in [0.25, 0.3) is 0 Å². The maximum atomic E-state index is 5.39. The third-order valence-electron chi connectivity index (χ3n) is 12.2. The molecular formula is C45H82N10. The van der Waals surface area contributed by atoms with E-state index in [0.29, 0.717) is 23.7 Å². The third kappa shape index (κ3) is 13.1. The van der Waals surface area contributed by atoms with Gasteiger partial charge in [0.1, 0.15) is 11.6 Å². The van der Waals surface area contributed by atoms with Gasteiger partial charge in [-0.3, -0.25) is 0 Å². The van der Waals surface area contributed by atoms with Crippen molar-refractivity contribution in [1.82, 2.24) is 29.9 Å². The Bertz CT molecular complexity index is 1130. The van der Waals surface area contributed by atoms with Crippen LogP contribution in [0.4, 0.5) is 23.8 Å². The van der Waals surface area contributed by atoms with Crippen molar-refractivity contribution in [3.8, 4) is 0 Å². The van der Waals surface area contributed by atoms with Gasteiger partial charge in [0.15, 0.2) is 0 Å². The molecule has 0 N–H and O–H groups in total. The van der Waals surface area contributed by atoms with Gasteiger partial charge in [0, 0.05) is 64.2 Å². The van der Waals surface area contributed by atoms with E-state index in [0.717, 1.165) is 152 Å². The molecule has 55 heavy (non-hydrogen) atoms. The van der Waals surface area contributed by atoms with E-state index in [-0.39, 0.29) is 0 Å². The van der Waals surface area contributed by atoms with Crippen LogP contribution in [-0.4, -0.2) is 82.3 Å². The zero-order valence-corrected chi connectivity index (χ0v) is 36.9. The lowest BCUT2D eigenvalue weighted by Gasteiger charge is -2.31. The van der Waals surface area contributed by atoms with E-state index in [9.17, 15) is 0 Å². The van der Waals surface area contributed by atoms with E-state index in [1.54, 1.807) is 0 Å². The molecule has 2 fully saturated rings. The van der Waals surface area contributed by atoms with E-state index in [4.69, 9.17) is 29.9 Å². The van der Waals surface area contributed by atoms with Crippen molar-refractivity contribution >= 4 is 23.8 Å². The normalized spacial score (nSPS) is 19.0. The summed E-state index contributed by atoms with van der Waals surface area (Å²) in [7, 11) is 0. The molecule has 2 aromatic rings. The number of unbranched alkanes of at least 4 members (excludes halogenated alkanes) is 8. The molecule has 2 heterocycles. The van der Waals surface area contributed by atoms with E-state index < -0.39 is 0 Å². The summed E-state index contributed by atoms with van der Waals surface area (Å²) in [6, 6.07) is 0. The molecule has 2 bridgehead atoms. The number of fused-ring (bicyclic) bond motifs is 2. The summed E-state index contributed by atoms with van der Waals surface area (Å²) in [4.78, 5) is 42.0. The molecule has 2 aromatic heterocycles. The highest BCUT2D eigenvalue weighted by molar-refractivity contribution is 5.42. The highest BCUT2D eigenvalue weighted by Gasteiger charge is 2.49. The van der Waals surface area contributed by atoms with Crippen LogP contribution in [0.15, 0.2) is 0 Å². The Morgan fingerprint density at radius 2 is 0.545 bits per heavy atom. The monoisotopic (exact) mass is 763 g/mol. The molecule has 0 amide bonds. The Morgan fingerprint density at radius 3 is 0.727 bits per heavy atom. The van der Waals surface area contributed by atoms with Crippen LogP contribution in [0.1, 0.15) is 201 Å². The van der Waals surface area contributed by atoms with Crippen molar-refractivity contribution in [2.75, 3.05) is 72.0 Å². The van der Waals surface area contributed by atoms with Crippen molar-refractivity contribution < 1.29 is 0 Å². The minimum atomic E-state index is 0.358. The lowest BCUT2D eigenvalue weighted by molar-refractivity contribution is 0.354. The first-order valence-electron chi connectivity index (χ1n) is 23.5. The number of hydrogen-bond donors (Lipinski definition) is 0. The van der Waals surface area contributed by atoms with Crippen molar-refractivity contribution in [2.24, 2.45) is 11.8 Å². The van der Waals surface area contributed by atoms with Gasteiger partial charge in [-0.05, 0) is 82.5 Å². The van der Waals surface area contributed by atoms with E-state index in [1.165, 1.54) is 57.8 Å². The predicted octanol–water partition coefficient (Wildman–Crippen LogP) is 11.0. The van der Waals surface area contributed by atoms with Crippen molar-refractivity contribution in [1.29, 1.82) is 0 Å². The topological polar surface area (TPSA) is 90.3 Å². The van der Waals surface area contributed by atoms with Gasteiger partial charge in [-0.25, -0.2) is 0 Å². The summed E-state index contributed by atoms with van der Waals surface area (Å²) in [5, 5.41) is 0. The Balaban J connectivity index is 1.70. The fraction of sp³-hybridized carbons (Fsp3) is 0.867. The lowest BCUT2D eigenvalue weighted by Crippen LogP contribution is -2.33. The van der Waals surface area contributed by atoms with E-state index in [1.807, 2.05) is 0 Å². The van der Waals surface area contributed by atoms with Crippen LogP contribution >= 0.6 is 0 Å². The first-order valence-corrected chi connectivity index (χ1v) is 23.5. The van der Waals surface area contributed by atoms with Crippen LogP contribution in [-0.2, 0) is 0 Å². The molecule has 0 aromatic carbocycles. The minimum absolute atomic E-state index is 0.358. The van der Waals surface area contributed by atoms with Gasteiger partial charge in [0.2, 0.25) is 23.8 Å². The average molecular weight is 763 g/mol. The molecule has 0 radical (unpaired) electrons. The number of nitrogens with zero attached hydrogens (tertiary/aromatic N) is 10. The highest BCUT2D eigenvalue weighted by atomic mass is 15.4. The fourth-order valence-electron chi connectivity index (χ4n) is 8.58. The first-order chi connectivity index (χ1) is 26.9. The van der Waals surface area contributed by atoms with Gasteiger partial charge < -0.3 is 19.6 Å². The lowest BCUT2D eigenvalue weighted by atomic mass is 9.81. The van der Waals surface area contributed by atoms with Crippen molar-refractivity contribution in [3.63, 3.8) is 0 Å². The smallest absolute Gasteiger partial charge is 0.230 e. The Hall–Kier alpha value is -2.78. The zero-order chi connectivity index (χ0) is 39.4. The summed E-state index contributed by atoms with van der Waals surface area (Å²) < 4.78 is 0. The second-order valence-electron chi connectivity index (χ2n) is 16.8. The summed E-state index contributed by atoms with van der Waals surface area (Å²) in [5.41, 5.74) is 0. The standard InChI is InChI=1S/C45H82N10/c1-9-17-25-52(26-18-10-2)42-46-40(47-43(50-42)53(27-19-11-3)28-20-12-4)38-34-37-33-36(38)35-39(37)41-48-44(54(29-21-13-5)30-22-14-6)51-45(49-41)55(31-23-15-7)32-24-16-8/h36-39H,9-35H2,1-8H3. The van der Waals surface area contributed by atoms with E-state index >= 15 is 0 Å². The maximum absolute atomic E-state index is 5.39. The summed E-state index contributed by atoms with van der Waals surface area (Å²) >= 11 is 0. The van der Waals surface area contributed by atoms with Gasteiger partial charge in [0.05, 0.1) is 0 Å². The molecule has 2 saturated carbocycles. The Kier molecular flexibility index (Phi) is 20.2. The second-order valence-corrected chi connectivity index (χ2v) is 16.8. The van der Waals surface area contributed by atoms with E-state index in [2.05, 4.69) is 75.0 Å². The summed E-state index contributed by atoms with van der Waals surface area (Å²) in [6.45, 7) is 26.3. The highest BCUT2D eigenvalue weighted by Crippen LogP contribution is 2.58. The quantitative estimate of drug-likeness (QED) is 0.0766. The number of anilines is 4. The third-order valence-corrected chi connectivity index (χ3v) is 12.2. The van der Waals surface area contributed by atoms with Crippen molar-refractivity contribution in [2.45, 2.75) is 189 Å². The fourth-order valence-corrected chi connectivity index (χ4v) is 8.58. The molecule has 2 aliphatic rings. The molecular weight excluding hydrogens is 681 g/mol. The molecule has 10 heteroatoms. The molecule has 312 valence electrons. The number of aromatic nitrogens is 6. The van der Waals surface area contributed by atoms with Crippen molar-refractivity contribution in [3.05, 3.63) is 11.6 Å². The summed E-state index contributed by atoms with van der Waals surface area (Å²) in [6.07, 6.45) is 22.0. The number of rotatable bonds is 30. The van der Waals surface area contributed by atoms with Crippen LogP contribution in [0, 0.1) is 11.8 Å². The van der Waals surface area contributed by atoms with Gasteiger partial charge in [-0.15, -0.1) is 0 Å². The predicted molar refractivity (Wildman–Crippen MR) is 234 cm³/mol. The molecule has 4 atom stereocenters. The SMILES string of the molecule is CCCCN(CCCC)c1nc(C2CC3CC2CC3c2nc(N(CCCC)CCCC)nc(N(CCCC)CCCC)n2)nc(N(CCCC)CCCC)n1. The van der Waals surface area contributed by atoms with Gasteiger partial charge >= 0.3 is 0 Å². The molecule has 2 aliphatic carbocycles. The zero-order valence-electron chi connectivity index (χ0n) is 36.9. The number of hydrogen-bond acceptors (Lipinski definition) is 10. The van der Waals surface area contributed by atoms with Crippen LogP contribution in [0.2, 0.25) is 0 Å². The van der Waals surface area contributed by atoms with Gasteiger partial charge in [-0.1, -0.05) is 107 Å². The molecule has 4 unspecified atom stereocenters. The Morgan fingerprint density at radius 1 is 0.327 bits per heavy atom. The van der Waals surface area contributed by atoms with Crippen LogP contribution in [0.5, 0.6) is 0 Å². The maximum Gasteiger partial charge on any atom is 0.230 e. The molecule has 0 spiro atoms. The molecule has 4 rings (SSSR count). The first kappa shape index (κ1) is 44.9. The second kappa shape index (κ2) is 24.8.